The van der Waals surface area contributed by atoms with Crippen molar-refractivity contribution in [1.82, 2.24) is 5.32 Å². The summed E-state index contributed by atoms with van der Waals surface area (Å²) in [7, 11) is 0. The van der Waals surface area contributed by atoms with Gasteiger partial charge >= 0.3 is 0 Å². The minimum Gasteiger partial charge on any atom is -0.487 e. The van der Waals surface area contributed by atoms with Gasteiger partial charge in [0.05, 0.1) is 6.04 Å². The van der Waals surface area contributed by atoms with E-state index in [0.29, 0.717) is 5.56 Å². The van der Waals surface area contributed by atoms with Crippen molar-refractivity contribution >= 4 is 5.91 Å². The molecule has 1 aliphatic heterocycles. The fourth-order valence-electron chi connectivity index (χ4n) is 3.29. The van der Waals surface area contributed by atoms with E-state index in [2.05, 4.69) is 39.9 Å². The van der Waals surface area contributed by atoms with Crippen LogP contribution in [0, 0.1) is 0 Å². The van der Waals surface area contributed by atoms with Crippen LogP contribution in [0.2, 0.25) is 0 Å². The van der Waals surface area contributed by atoms with Gasteiger partial charge in [-0.15, -0.1) is 0 Å². The monoisotopic (exact) mass is 337 g/mol. The fraction of sp³-hybridized carbons (Fsp3) is 0.409. The molecule has 3 heteroatoms. The highest BCUT2D eigenvalue weighted by Crippen LogP contribution is 2.39. The highest BCUT2D eigenvalue weighted by molar-refractivity contribution is 5.94. The molecule has 2 aromatic rings. The number of benzene rings is 2. The molecule has 2 aromatic carbocycles. The molecular formula is C22H27NO2. The largest absolute Gasteiger partial charge is 0.487 e. The number of ether oxygens (including phenoxy) is 1. The van der Waals surface area contributed by atoms with Crippen molar-refractivity contribution < 1.29 is 9.53 Å². The van der Waals surface area contributed by atoms with E-state index in [9.17, 15) is 4.79 Å². The molecule has 3 rings (SSSR count). The number of para-hydroxylation sites is 1. The first-order chi connectivity index (χ1) is 11.7. The number of nitrogens with one attached hydrogen (secondary N) is 1. The van der Waals surface area contributed by atoms with Crippen LogP contribution in [-0.2, 0) is 5.41 Å². The summed E-state index contributed by atoms with van der Waals surface area (Å²) >= 11 is 0. The average Bonchev–Trinajstić information content (AvgIpc) is 2.53. The molecule has 0 aromatic heterocycles. The van der Waals surface area contributed by atoms with E-state index in [1.54, 1.807) is 0 Å². The predicted molar refractivity (Wildman–Crippen MR) is 101 cm³/mol. The number of carbonyl (C=O) groups is 1. The summed E-state index contributed by atoms with van der Waals surface area (Å²) in [5, 5.41) is 3.19. The van der Waals surface area contributed by atoms with Crippen LogP contribution in [-0.4, -0.2) is 11.5 Å². The van der Waals surface area contributed by atoms with Gasteiger partial charge < -0.3 is 10.1 Å². The lowest BCUT2D eigenvalue weighted by molar-refractivity contribution is 0.0619. The van der Waals surface area contributed by atoms with Crippen LogP contribution in [0.15, 0.2) is 48.5 Å². The lowest BCUT2D eigenvalue weighted by Crippen LogP contribution is -2.41. The maximum Gasteiger partial charge on any atom is 0.251 e. The first-order valence-corrected chi connectivity index (χ1v) is 8.85. The second-order valence-corrected chi connectivity index (χ2v) is 8.46. The predicted octanol–water partition coefficient (Wildman–Crippen LogP) is 5.02. The number of hydrogen-bond donors (Lipinski definition) is 1. The fourth-order valence-corrected chi connectivity index (χ4v) is 3.29. The van der Waals surface area contributed by atoms with Crippen LogP contribution in [0.5, 0.6) is 5.75 Å². The number of carbonyl (C=O) groups excluding carboxylic acids is 1. The maximum atomic E-state index is 12.7. The molecule has 3 nitrogen and oxygen atoms in total. The molecule has 0 radical (unpaired) electrons. The highest BCUT2D eigenvalue weighted by Gasteiger charge is 2.34. The number of rotatable bonds is 2. The molecule has 1 atom stereocenters. The van der Waals surface area contributed by atoms with Crippen LogP contribution in [0.4, 0.5) is 0 Å². The second kappa shape index (κ2) is 6.21. The summed E-state index contributed by atoms with van der Waals surface area (Å²) in [4.78, 5) is 12.7. The highest BCUT2D eigenvalue weighted by atomic mass is 16.5. The van der Waals surface area contributed by atoms with Crippen molar-refractivity contribution in [3.63, 3.8) is 0 Å². The van der Waals surface area contributed by atoms with E-state index in [4.69, 9.17) is 4.74 Å². The summed E-state index contributed by atoms with van der Waals surface area (Å²) in [6, 6.07) is 15.8. The van der Waals surface area contributed by atoms with Gasteiger partial charge in [-0.25, -0.2) is 0 Å². The Labute approximate surface area is 150 Å². The van der Waals surface area contributed by atoms with Gasteiger partial charge in [0.25, 0.3) is 5.91 Å². The minimum absolute atomic E-state index is 0.0436. The molecule has 132 valence electrons. The standard InChI is InChI=1S/C22H27NO2/c1-21(2,3)16-12-10-15(11-13-16)20(24)23-18-14-22(4,5)25-19-9-7-6-8-17(18)19/h6-13,18H,14H2,1-5H3,(H,23,24)/t18-/m0/s1. The third-order valence-electron chi connectivity index (χ3n) is 4.69. The minimum atomic E-state index is -0.303. The van der Waals surface area contributed by atoms with Gasteiger partial charge in [0.15, 0.2) is 0 Å². The van der Waals surface area contributed by atoms with Crippen LogP contribution < -0.4 is 10.1 Å². The molecule has 1 amide bonds. The Morgan fingerprint density at radius 1 is 1.08 bits per heavy atom. The van der Waals surface area contributed by atoms with Gasteiger partial charge in [-0.2, -0.15) is 0 Å². The van der Waals surface area contributed by atoms with E-state index in [1.165, 1.54) is 5.56 Å². The molecule has 0 fully saturated rings. The molecule has 0 saturated carbocycles. The van der Waals surface area contributed by atoms with Gasteiger partial charge in [0, 0.05) is 17.5 Å². The Morgan fingerprint density at radius 3 is 2.36 bits per heavy atom. The van der Waals surface area contributed by atoms with Gasteiger partial charge in [-0.3, -0.25) is 4.79 Å². The second-order valence-electron chi connectivity index (χ2n) is 8.46. The number of fused-ring (bicyclic) bond motifs is 1. The lowest BCUT2D eigenvalue weighted by Gasteiger charge is -2.37. The molecule has 1 aliphatic rings. The number of hydrogen-bond acceptors (Lipinski definition) is 2. The molecule has 25 heavy (non-hydrogen) atoms. The summed E-state index contributed by atoms with van der Waals surface area (Å²) in [6.45, 7) is 10.6. The zero-order valence-electron chi connectivity index (χ0n) is 15.7. The van der Waals surface area contributed by atoms with Crippen molar-refractivity contribution in [2.24, 2.45) is 0 Å². The molecule has 0 spiro atoms. The van der Waals surface area contributed by atoms with E-state index in [0.717, 1.165) is 17.7 Å². The Kier molecular flexibility index (Phi) is 4.36. The zero-order valence-corrected chi connectivity index (χ0v) is 15.7. The van der Waals surface area contributed by atoms with E-state index in [1.807, 2.05) is 48.5 Å². The van der Waals surface area contributed by atoms with Crippen molar-refractivity contribution in [1.29, 1.82) is 0 Å². The zero-order chi connectivity index (χ0) is 18.2. The maximum absolute atomic E-state index is 12.7. The number of amides is 1. The van der Waals surface area contributed by atoms with Gasteiger partial charge in [0.2, 0.25) is 0 Å². The first kappa shape index (κ1) is 17.5. The molecule has 1 N–H and O–H groups in total. The van der Waals surface area contributed by atoms with E-state index >= 15 is 0 Å². The normalized spacial score (nSPS) is 18.8. The summed E-state index contributed by atoms with van der Waals surface area (Å²) in [5.41, 5.74) is 2.74. The van der Waals surface area contributed by atoms with Crippen molar-refractivity contribution in [2.75, 3.05) is 0 Å². The van der Waals surface area contributed by atoms with Crippen molar-refractivity contribution in [2.45, 2.75) is 58.1 Å². The van der Waals surface area contributed by atoms with E-state index < -0.39 is 0 Å². The van der Waals surface area contributed by atoms with Gasteiger partial charge in [0.1, 0.15) is 11.4 Å². The molecule has 1 heterocycles. The third-order valence-corrected chi connectivity index (χ3v) is 4.69. The summed E-state index contributed by atoms with van der Waals surface area (Å²) in [5.74, 6) is 0.810. The van der Waals surface area contributed by atoms with E-state index in [-0.39, 0.29) is 23.0 Å². The van der Waals surface area contributed by atoms with Crippen LogP contribution >= 0.6 is 0 Å². The summed E-state index contributed by atoms with van der Waals surface area (Å²) in [6.07, 6.45) is 0.746. The SMILES string of the molecule is CC1(C)C[C@H](NC(=O)c2ccc(C(C)(C)C)cc2)c2ccccc2O1. The van der Waals surface area contributed by atoms with Crippen molar-refractivity contribution in [3.8, 4) is 5.75 Å². The van der Waals surface area contributed by atoms with Crippen molar-refractivity contribution in [3.05, 3.63) is 65.2 Å². The molecule has 0 saturated heterocycles. The molecule has 0 unspecified atom stereocenters. The van der Waals surface area contributed by atoms with Crippen LogP contribution in [0.1, 0.15) is 68.6 Å². The van der Waals surface area contributed by atoms with Gasteiger partial charge in [-0.05, 0) is 43.0 Å². The quantitative estimate of drug-likeness (QED) is 0.836. The third kappa shape index (κ3) is 3.87. The van der Waals surface area contributed by atoms with Gasteiger partial charge in [-0.1, -0.05) is 51.1 Å². The smallest absolute Gasteiger partial charge is 0.251 e. The Bertz CT molecular complexity index is 769. The lowest BCUT2D eigenvalue weighted by atomic mass is 9.86. The average molecular weight is 337 g/mol. The Morgan fingerprint density at radius 2 is 1.72 bits per heavy atom. The first-order valence-electron chi connectivity index (χ1n) is 8.85. The topological polar surface area (TPSA) is 38.3 Å². The molecule has 0 bridgehead atoms. The summed E-state index contributed by atoms with van der Waals surface area (Å²) < 4.78 is 6.04. The Hall–Kier alpha value is -2.29. The van der Waals surface area contributed by atoms with Crippen LogP contribution in [0.25, 0.3) is 0 Å². The molecular weight excluding hydrogens is 310 g/mol. The Balaban J connectivity index is 1.81. The molecule has 0 aliphatic carbocycles. The van der Waals surface area contributed by atoms with Crippen LogP contribution in [0.3, 0.4) is 0 Å².